The molecule has 2 aromatic rings. The molecule has 0 aliphatic carbocycles. The molecule has 1 heterocycles. The van der Waals surface area contributed by atoms with Crippen molar-refractivity contribution in [2.45, 2.75) is 6.42 Å². The monoisotopic (exact) mass is 262 g/mol. The molecule has 0 radical (unpaired) electrons. The van der Waals surface area contributed by atoms with Gasteiger partial charge in [-0.05, 0) is 17.7 Å². The van der Waals surface area contributed by atoms with Gasteiger partial charge in [0.05, 0.1) is 12.1 Å². The van der Waals surface area contributed by atoms with Crippen LogP contribution >= 0.6 is 11.3 Å². The van der Waals surface area contributed by atoms with E-state index in [0.717, 1.165) is 22.7 Å². The fourth-order valence-corrected chi connectivity index (χ4v) is 2.35. The average Bonchev–Trinajstić information content (AvgIpc) is 2.87. The van der Waals surface area contributed by atoms with Crippen molar-refractivity contribution in [3.05, 3.63) is 45.9 Å². The average molecular weight is 262 g/mol. The van der Waals surface area contributed by atoms with E-state index in [2.05, 4.69) is 10.3 Å². The minimum absolute atomic E-state index is 0.146. The predicted molar refractivity (Wildman–Crippen MR) is 71.3 cm³/mol. The van der Waals surface area contributed by atoms with Gasteiger partial charge < -0.3 is 10.1 Å². The van der Waals surface area contributed by atoms with Crippen LogP contribution in [0, 0.1) is 0 Å². The van der Waals surface area contributed by atoms with Gasteiger partial charge in [0.15, 0.2) is 0 Å². The fraction of sp³-hybridized carbons (Fsp3) is 0.231. The lowest BCUT2D eigenvalue weighted by Gasteiger charge is -2.01. The van der Waals surface area contributed by atoms with Crippen molar-refractivity contribution in [2.75, 3.05) is 14.2 Å². The Morgan fingerprint density at radius 1 is 1.39 bits per heavy atom. The lowest BCUT2D eigenvalue weighted by atomic mass is 10.1. The highest BCUT2D eigenvalue weighted by atomic mass is 32.1. The highest BCUT2D eigenvalue weighted by Crippen LogP contribution is 2.17. The van der Waals surface area contributed by atoms with E-state index in [-0.39, 0.29) is 5.91 Å². The van der Waals surface area contributed by atoms with Gasteiger partial charge in [-0.25, -0.2) is 4.98 Å². The number of nitrogens with one attached hydrogen (secondary N) is 1. The summed E-state index contributed by atoms with van der Waals surface area (Å²) < 4.78 is 5.10. The summed E-state index contributed by atoms with van der Waals surface area (Å²) in [4.78, 5) is 15.7. The molecule has 1 aromatic carbocycles. The number of hydrogen-bond acceptors (Lipinski definition) is 4. The molecule has 0 aliphatic heterocycles. The Balaban J connectivity index is 2.08. The summed E-state index contributed by atoms with van der Waals surface area (Å²) in [5.41, 5.74) is 1.62. The summed E-state index contributed by atoms with van der Waals surface area (Å²) >= 11 is 1.49. The number of ether oxygens (including phenoxy) is 1. The summed E-state index contributed by atoms with van der Waals surface area (Å²) in [6.07, 6.45) is 0.728. The molecule has 1 aromatic heterocycles. The molecule has 2 rings (SSSR count). The van der Waals surface area contributed by atoms with E-state index < -0.39 is 0 Å². The Kier molecular flexibility index (Phi) is 3.94. The maximum Gasteiger partial charge on any atom is 0.270 e. The maximum atomic E-state index is 11.4. The molecule has 0 spiro atoms. The lowest BCUT2D eigenvalue weighted by molar-refractivity contribution is 0.0958. The molecular formula is C13H14N2O2S. The highest BCUT2D eigenvalue weighted by molar-refractivity contribution is 7.09. The van der Waals surface area contributed by atoms with E-state index in [1.54, 1.807) is 19.5 Å². The number of amides is 1. The van der Waals surface area contributed by atoms with E-state index in [0.29, 0.717) is 5.69 Å². The number of methoxy groups -OCH3 is 1. The summed E-state index contributed by atoms with van der Waals surface area (Å²) in [5, 5.41) is 5.27. The van der Waals surface area contributed by atoms with Crippen molar-refractivity contribution in [3.8, 4) is 5.75 Å². The van der Waals surface area contributed by atoms with Gasteiger partial charge in [-0.15, -0.1) is 11.3 Å². The Bertz CT molecular complexity index is 534. The maximum absolute atomic E-state index is 11.4. The second kappa shape index (κ2) is 5.64. The third-order valence-corrected chi connectivity index (χ3v) is 3.37. The zero-order chi connectivity index (χ0) is 13.0. The minimum atomic E-state index is -0.146. The number of carbonyl (C=O) groups is 1. The van der Waals surface area contributed by atoms with Gasteiger partial charge in [0, 0.05) is 18.8 Å². The number of thiazole rings is 1. The van der Waals surface area contributed by atoms with E-state index in [9.17, 15) is 4.79 Å². The Morgan fingerprint density at radius 3 is 2.72 bits per heavy atom. The van der Waals surface area contributed by atoms with Crippen LogP contribution in [0.5, 0.6) is 5.75 Å². The Morgan fingerprint density at radius 2 is 2.11 bits per heavy atom. The first-order valence-corrected chi connectivity index (χ1v) is 6.40. The molecule has 94 valence electrons. The third kappa shape index (κ3) is 2.87. The molecule has 1 N–H and O–H groups in total. The number of rotatable bonds is 4. The molecule has 0 saturated carbocycles. The number of carbonyl (C=O) groups excluding carboxylic acids is 1. The Hall–Kier alpha value is -1.88. The molecule has 0 fully saturated rings. The smallest absolute Gasteiger partial charge is 0.270 e. The molecular weight excluding hydrogens is 248 g/mol. The Labute approximate surface area is 110 Å². The van der Waals surface area contributed by atoms with Crippen LogP contribution in [0.1, 0.15) is 21.1 Å². The zero-order valence-electron chi connectivity index (χ0n) is 10.3. The topological polar surface area (TPSA) is 51.2 Å². The summed E-state index contributed by atoms with van der Waals surface area (Å²) in [6, 6.07) is 7.84. The van der Waals surface area contributed by atoms with E-state index in [1.807, 2.05) is 24.3 Å². The lowest BCUT2D eigenvalue weighted by Crippen LogP contribution is -2.18. The van der Waals surface area contributed by atoms with Gasteiger partial charge in [0.1, 0.15) is 11.4 Å². The number of benzene rings is 1. The summed E-state index contributed by atoms with van der Waals surface area (Å²) in [7, 11) is 3.25. The summed E-state index contributed by atoms with van der Waals surface area (Å²) in [5.74, 6) is 0.691. The van der Waals surface area contributed by atoms with Crippen molar-refractivity contribution in [1.29, 1.82) is 0 Å². The molecule has 0 aliphatic rings. The van der Waals surface area contributed by atoms with Gasteiger partial charge in [-0.3, -0.25) is 4.79 Å². The van der Waals surface area contributed by atoms with Crippen LogP contribution in [-0.2, 0) is 6.42 Å². The molecule has 0 unspecified atom stereocenters. The molecule has 18 heavy (non-hydrogen) atoms. The van der Waals surface area contributed by atoms with E-state index >= 15 is 0 Å². The van der Waals surface area contributed by atoms with Crippen LogP contribution in [0.2, 0.25) is 0 Å². The van der Waals surface area contributed by atoms with Gasteiger partial charge in [-0.1, -0.05) is 12.1 Å². The first-order valence-electron chi connectivity index (χ1n) is 5.52. The fourth-order valence-electron chi connectivity index (χ4n) is 1.54. The molecule has 0 saturated heterocycles. The van der Waals surface area contributed by atoms with Gasteiger partial charge in [-0.2, -0.15) is 0 Å². The second-order valence-electron chi connectivity index (χ2n) is 3.73. The SMILES string of the molecule is CNC(=O)c1csc(Cc2ccc(OC)cc2)n1. The van der Waals surface area contributed by atoms with E-state index in [4.69, 9.17) is 4.74 Å². The quantitative estimate of drug-likeness (QED) is 0.918. The molecule has 0 bridgehead atoms. The van der Waals surface area contributed by atoms with Crippen molar-refractivity contribution in [3.63, 3.8) is 0 Å². The van der Waals surface area contributed by atoms with Crippen molar-refractivity contribution >= 4 is 17.2 Å². The molecule has 5 heteroatoms. The predicted octanol–water partition coefficient (Wildman–Crippen LogP) is 2.10. The van der Waals surface area contributed by atoms with Gasteiger partial charge in [0.2, 0.25) is 0 Å². The van der Waals surface area contributed by atoms with Crippen LogP contribution in [0.25, 0.3) is 0 Å². The largest absolute Gasteiger partial charge is 0.497 e. The second-order valence-corrected chi connectivity index (χ2v) is 4.67. The minimum Gasteiger partial charge on any atom is -0.497 e. The van der Waals surface area contributed by atoms with Gasteiger partial charge >= 0.3 is 0 Å². The standard InChI is InChI=1S/C13H14N2O2S/c1-14-13(16)11-8-18-12(15-11)7-9-3-5-10(17-2)6-4-9/h3-6,8H,7H2,1-2H3,(H,14,16). The number of hydrogen-bond donors (Lipinski definition) is 1. The van der Waals surface area contributed by atoms with Gasteiger partial charge in [0.25, 0.3) is 5.91 Å². The van der Waals surface area contributed by atoms with Crippen LogP contribution in [0.4, 0.5) is 0 Å². The van der Waals surface area contributed by atoms with Crippen LogP contribution < -0.4 is 10.1 Å². The first kappa shape index (κ1) is 12.6. The highest BCUT2D eigenvalue weighted by Gasteiger charge is 2.09. The number of nitrogens with zero attached hydrogens (tertiary/aromatic N) is 1. The van der Waals surface area contributed by atoms with Crippen molar-refractivity contribution in [2.24, 2.45) is 0 Å². The van der Waals surface area contributed by atoms with Crippen LogP contribution in [0.3, 0.4) is 0 Å². The van der Waals surface area contributed by atoms with Crippen molar-refractivity contribution in [1.82, 2.24) is 10.3 Å². The van der Waals surface area contributed by atoms with E-state index in [1.165, 1.54) is 11.3 Å². The van der Waals surface area contributed by atoms with Crippen LogP contribution in [0.15, 0.2) is 29.6 Å². The summed E-state index contributed by atoms with van der Waals surface area (Å²) in [6.45, 7) is 0. The molecule has 0 atom stereocenters. The van der Waals surface area contributed by atoms with Crippen molar-refractivity contribution < 1.29 is 9.53 Å². The molecule has 1 amide bonds. The number of aromatic nitrogens is 1. The zero-order valence-corrected chi connectivity index (χ0v) is 11.1. The normalized spacial score (nSPS) is 10.1. The third-order valence-electron chi connectivity index (χ3n) is 2.53. The first-order chi connectivity index (χ1) is 8.72. The molecule has 4 nitrogen and oxygen atoms in total. The van der Waals surface area contributed by atoms with Crippen LogP contribution in [-0.4, -0.2) is 25.0 Å².